The number of guanidine groups is 1. The number of likely N-dealkylation sites (tertiary alicyclic amines) is 1. The van der Waals surface area contributed by atoms with Gasteiger partial charge in [0, 0.05) is 25.7 Å². The molecule has 19 heavy (non-hydrogen) atoms. The molecule has 1 saturated carbocycles. The summed E-state index contributed by atoms with van der Waals surface area (Å²) < 4.78 is 0. The fraction of sp³-hybridized carbons (Fsp3) is 0.933. The van der Waals surface area contributed by atoms with E-state index in [0.717, 1.165) is 6.54 Å². The van der Waals surface area contributed by atoms with Crippen molar-refractivity contribution in [1.29, 1.82) is 0 Å². The summed E-state index contributed by atoms with van der Waals surface area (Å²) in [5.74, 6) is 1.17. The van der Waals surface area contributed by atoms with Crippen LogP contribution in [0.4, 0.5) is 0 Å². The van der Waals surface area contributed by atoms with Gasteiger partial charge in [0.1, 0.15) is 0 Å². The lowest BCUT2D eigenvalue weighted by Crippen LogP contribution is -2.50. The second kappa shape index (κ2) is 7.70. The van der Waals surface area contributed by atoms with Crippen molar-refractivity contribution in [3.8, 4) is 0 Å². The van der Waals surface area contributed by atoms with Gasteiger partial charge in [0.15, 0.2) is 5.96 Å². The van der Waals surface area contributed by atoms with Crippen LogP contribution in [0.5, 0.6) is 0 Å². The zero-order chi connectivity index (χ0) is 13.0. The molecule has 1 heterocycles. The molecule has 3 nitrogen and oxygen atoms in total. The highest BCUT2D eigenvalue weighted by atomic mass is 127. The van der Waals surface area contributed by atoms with E-state index in [2.05, 4.69) is 36.0 Å². The number of rotatable bonds is 4. The molecule has 1 saturated heterocycles. The van der Waals surface area contributed by atoms with Crippen molar-refractivity contribution in [1.82, 2.24) is 10.2 Å². The Hall–Kier alpha value is 0. The van der Waals surface area contributed by atoms with Crippen LogP contribution in [0.15, 0.2) is 4.99 Å². The molecule has 2 aliphatic rings. The maximum absolute atomic E-state index is 4.69. The summed E-state index contributed by atoms with van der Waals surface area (Å²) in [6.07, 6.45) is 7.96. The highest BCUT2D eigenvalue weighted by Gasteiger charge is 2.33. The van der Waals surface area contributed by atoms with Gasteiger partial charge in [-0.05, 0) is 44.4 Å². The molecule has 0 amide bonds. The van der Waals surface area contributed by atoms with E-state index in [9.17, 15) is 0 Å². The third-order valence-corrected chi connectivity index (χ3v) is 4.15. The number of piperidine rings is 1. The molecular formula is C15H30IN3. The Morgan fingerprint density at radius 2 is 2.11 bits per heavy atom. The molecule has 1 atom stereocenters. The fourth-order valence-corrected chi connectivity index (χ4v) is 3.10. The van der Waals surface area contributed by atoms with Gasteiger partial charge in [-0.2, -0.15) is 0 Å². The lowest BCUT2D eigenvalue weighted by molar-refractivity contribution is 0.142. The molecule has 1 unspecified atom stereocenters. The minimum Gasteiger partial charge on any atom is -0.354 e. The lowest BCUT2D eigenvalue weighted by Gasteiger charge is -2.42. The fourth-order valence-electron chi connectivity index (χ4n) is 3.10. The summed E-state index contributed by atoms with van der Waals surface area (Å²) in [5.41, 5.74) is 0.493. The van der Waals surface area contributed by atoms with E-state index >= 15 is 0 Å². The molecular weight excluding hydrogens is 349 g/mol. The summed E-state index contributed by atoms with van der Waals surface area (Å²) in [6.45, 7) is 10.1. The number of hydrogen-bond donors (Lipinski definition) is 1. The van der Waals surface area contributed by atoms with Crippen LogP contribution in [-0.2, 0) is 0 Å². The molecule has 1 aliphatic carbocycles. The van der Waals surface area contributed by atoms with Gasteiger partial charge in [0.05, 0.1) is 0 Å². The van der Waals surface area contributed by atoms with Crippen LogP contribution in [0.2, 0.25) is 0 Å². The Kier molecular flexibility index (Phi) is 6.91. The van der Waals surface area contributed by atoms with Gasteiger partial charge in [-0.1, -0.05) is 20.3 Å². The number of hydrogen-bond acceptors (Lipinski definition) is 1. The number of nitrogens with one attached hydrogen (secondary N) is 1. The van der Waals surface area contributed by atoms with Gasteiger partial charge < -0.3 is 10.2 Å². The lowest BCUT2D eigenvalue weighted by atomic mass is 9.78. The van der Waals surface area contributed by atoms with Gasteiger partial charge >= 0.3 is 0 Å². The predicted molar refractivity (Wildman–Crippen MR) is 93.4 cm³/mol. The molecule has 2 rings (SSSR count). The van der Waals surface area contributed by atoms with Crippen LogP contribution in [0, 0.1) is 5.41 Å². The van der Waals surface area contributed by atoms with Crippen LogP contribution < -0.4 is 5.32 Å². The van der Waals surface area contributed by atoms with Gasteiger partial charge in [-0.3, -0.25) is 4.99 Å². The second-order valence-corrected chi connectivity index (χ2v) is 6.30. The Morgan fingerprint density at radius 1 is 1.37 bits per heavy atom. The van der Waals surface area contributed by atoms with Crippen molar-refractivity contribution < 1.29 is 0 Å². The maximum atomic E-state index is 4.69. The zero-order valence-corrected chi connectivity index (χ0v) is 15.1. The van der Waals surface area contributed by atoms with Crippen molar-refractivity contribution in [2.75, 3.05) is 19.6 Å². The normalized spacial score (nSPS) is 27.9. The Bertz CT molecular complexity index is 298. The van der Waals surface area contributed by atoms with Crippen molar-refractivity contribution in [2.24, 2.45) is 10.4 Å². The van der Waals surface area contributed by atoms with Crippen LogP contribution in [0.25, 0.3) is 0 Å². The first-order valence-corrected chi connectivity index (χ1v) is 7.73. The summed E-state index contributed by atoms with van der Waals surface area (Å²) in [7, 11) is 0. The first-order valence-electron chi connectivity index (χ1n) is 7.73. The van der Waals surface area contributed by atoms with Crippen LogP contribution >= 0.6 is 24.0 Å². The van der Waals surface area contributed by atoms with Crippen LogP contribution in [-0.4, -0.2) is 36.5 Å². The van der Waals surface area contributed by atoms with Crippen molar-refractivity contribution in [2.45, 2.75) is 65.3 Å². The molecule has 0 spiro atoms. The number of nitrogens with zero attached hydrogens (tertiary/aromatic N) is 2. The van der Waals surface area contributed by atoms with Gasteiger partial charge in [0.2, 0.25) is 0 Å². The number of aliphatic imine (C=N–C) groups is 1. The Morgan fingerprint density at radius 3 is 2.68 bits per heavy atom. The van der Waals surface area contributed by atoms with Crippen LogP contribution in [0.3, 0.4) is 0 Å². The standard InChI is InChI=1S/C15H29N3.HI/c1-4-9-15(3)10-6-11-18(12-15)14(16-5-2)17-13-7-8-13;/h13H,4-12H2,1-3H3,(H,16,17);1H. The maximum Gasteiger partial charge on any atom is 0.194 e. The second-order valence-electron chi connectivity index (χ2n) is 6.30. The molecule has 1 N–H and O–H groups in total. The molecule has 0 aromatic carbocycles. The van der Waals surface area contributed by atoms with E-state index in [4.69, 9.17) is 0 Å². The van der Waals surface area contributed by atoms with E-state index in [1.54, 1.807) is 0 Å². The molecule has 0 aromatic rings. The monoisotopic (exact) mass is 379 g/mol. The van der Waals surface area contributed by atoms with Gasteiger partial charge in [0.25, 0.3) is 0 Å². The molecule has 0 aromatic heterocycles. The smallest absolute Gasteiger partial charge is 0.194 e. The average Bonchev–Trinajstić information content (AvgIpc) is 3.12. The van der Waals surface area contributed by atoms with E-state index in [1.807, 2.05) is 0 Å². The minimum absolute atomic E-state index is 0. The highest BCUT2D eigenvalue weighted by molar-refractivity contribution is 14.0. The van der Waals surface area contributed by atoms with E-state index in [0.29, 0.717) is 11.5 Å². The quantitative estimate of drug-likeness (QED) is 0.459. The topological polar surface area (TPSA) is 27.6 Å². The molecule has 0 radical (unpaired) electrons. The van der Waals surface area contributed by atoms with Crippen molar-refractivity contribution in [3.05, 3.63) is 0 Å². The third-order valence-electron chi connectivity index (χ3n) is 4.15. The summed E-state index contributed by atoms with van der Waals surface area (Å²) >= 11 is 0. The third kappa shape index (κ3) is 5.12. The first kappa shape index (κ1) is 17.1. The number of halogens is 1. The van der Waals surface area contributed by atoms with E-state index < -0.39 is 0 Å². The largest absolute Gasteiger partial charge is 0.354 e. The minimum atomic E-state index is 0. The Balaban J connectivity index is 0.00000180. The highest BCUT2D eigenvalue weighted by Crippen LogP contribution is 2.34. The average molecular weight is 379 g/mol. The molecule has 0 bridgehead atoms. The Labute approximate surface area is 135 Å². The van der Waals surface area contributed by atoms with Gasteiger partial charge in [-0.25, -0.2) is 0 Å². The van der Waals surface area contributed by atoms with E-state index in [1.165, 1.54) is 57.6 Å². The summed E-state index contributed by atoms with van der Waals surface area (Å²) in [4.78, 5) is 7.19. The van der Waals surface area contributed by atoms with Gasteiger partial charge in [-0.15, -0.1) is 24.0 Å². The molecule has 4 heteroatoms. The van der Waals surface area contributed by atoms with Crippen molar-refractivity contribution in [3.63, 3.8) is 0 Å². The first-order chi connectivity index (χ1) is 8.67. The van der Waals surface area contributed by atoms with Crippen molar-refractivity contribution >= 4 is 29.9 Å². The SMILES string of the molecule is CCCC1(C)CCCN(C(=NCC)NC2CC2)C1.I. The van der Waals surface area contributed by atoms with E-state index in [-0.39, 0.29) is 24.0 Å². The molecule has 1 aliphatic heterocycles. The molecule has 112 valence electrons. The predicted octanol–water partition coefficient (Wildman–Crippen LogP) is 3.63. The van der Waals surface area contributed by atoms with Crippen LogP contribution in [0.1, 0.15) is 59.3 Å². The molecule has 2 fully saturated rings. The summed E-state index contributed by atoms with van der Waals surface area (Å²) in [6, 6.07) is 0.703. The zero-order valence-electron chi connectivity index (χ0n) is 12.7. The summed E-state index contributed by atoms with van der Waals surface area (Å²) in [5, 5.41) is 3.62.